The molecule has 0 radical (unpaired) electrons. The van der Waals surface area contributed by atoms with Crippen LogP contribution in [0.3, 0.4) is 0 Å². The Labute approximate surface area is 130 Å². The van der Waals surface area contributed by atoms with Crippen LogP contribution in [0.5, 0.6) is 0 Å². The minimum Gasteiger partial charge on any atom is -0.444 e. The molecule has 2 aromatic heterocycles. The first kappa shape index (κ1) is 14.4. The van der Waals surface area contributed by atoms with Crippen LogP contribution in [0.1, 0.15) is 22.9 Å². The summed E-state index contributed by atoms with van der Waals surface area (Å²) >= 11 is 0. The molecule has 3 rings (SSSR count). The predicted molar refractivity (Wildman–Crippen MR) is 86.7 cm³/mol. The maximum absolute atomic E-state index is 5.58. The largest absolute Gasteiger partial charge is 0.444 e. The highest BCUT2D eigenvalue weighted by atomic mass is 16.4. The molecular weight excluding hydrogens is 276 g/mol. The van der Waals surface area contributed by atoms with Gasteiger partial charge in [-0.15, -0.1) is 0 Å². The third-order valence-corrected chi connectivity index (χ3v) is 3.73. The van der Waals surface area contributed by atoms with Gasteiger partial charge in [0.05, 0.1) is 17.9 Å². The smallest absolute Gasteiger partial charge is 0.191 e. The van der Waals surface area contributed by atoms with Crippen molar-refractivity contribution in [1.82, 2.24) is 14.8 Å². The summed E-state index contributed by atoms with van der Waals surface area (Å²) in [5.41, 5.74) is 4.26. The molecule has 2 heterocycles. The van der Waals surface area contributed by atoms with Crippen molar-refractivity contribution in [3.63, 3.8) is 0 Å². The van der Waals surface area contributed by atoms with Crippen LogP contribution in [0.4, 0.5) is 5.82 Å². The normalized spacial score (nSPS) is 10.9. The van der Waals surface area contributed by atoms with Gasteiger partial charge in [-0.3, -0.25) is 4.68 Å². The number of nitrogens with zero attached hydrogens (tertiary/aromatic N) is 3. The summed E-state index contributed by atoms with van der Waals surface area (Å²) in [6.45, 7) is 6.50. The van der Waals surface area contributed by atoms with Crippen LogP contribution in [-0.2, 0) is 13.6 Å². The Morgan fingerprint density at radius 1 is 1.18 bits per heavy atom. The first-order chi connectivity index (χ1) is 10.5. The molecule has 22 heavy (non-hydrogen) atoms. The van der Waals surface area contributed by atoms with Gasteiger partial charge < -0.3 is 9.73 Å². The number of hydrogen-bond donors (Lipinski definition) is 1. The van der Waals surface area contributed by atoms with Crippen molar-refractivity contribution in [2.75, 3.05) is 5.32 Å². The minimum absolute atomic E-state index is 0.597. The lowest BCUT2D eigenvalue weighted by Crippen LogP contribution is -2.04. The fraction of sp³-hybridized carbons (Fsp3) is 0.294. The Hall–Kier alpha value is -2.56. The zero-order valence-corrected chi connectivity index (χ0v) is 13.3. The van der Waals surface area contributed by atoms with Crippen LogP contribution < -0.4 is 5.32 Å². The first-order valence-corrected chi connectivity index (χ1v) is 7.31. The second-order valence-electron chi connectivity index (χ2n) is 5.45. The maximum Gasteiger partial charge on any atom is 0.191 e. The molecule has 0 atom stereocenters. The predicted octanol–water partition coefficient (Wildman–Crippen LogP) is 3.61. The highest BCUT2D eigenvalue weighted by Crippen LogP contribution is 2.24. The van der Waals surface area contributed by atoms with E-state index < -0.39 is 0 Å². The van der Waals surface area contributed by atoms with Crippen LogP contribution in [0.15, 0.2) is 34.7 Å². The number of aryl methyl sites for hydroxylation is 4. The lowest BCUT2D eigenvalue weighted by Gasteiger charge is -2.03. The van der Waals surface area contributed by atoms with Crippen molar-refractivity contribution in [3.05, 3.63) is 53.2 Å². The summed E-state index contributed by atoms with van der Waals surface area (Å²) in [4.78, 5) is 4.28. The fourth-order valence-electron chi connectivity index (χ4n) is 2.53. The number of rotatable bonds is 4. The Balaban J connectivity index is 1.81. The molecule has 1 aromatic carbocycles. The van der Waals surface area contributed by atoms with Gasteiger partial charge in [-0.05, 0) is 19.4 Å². The van der Waals surface area contributed by atoms with Gasteiger partial charge in [0.1, 0.15) is 11.6 Å². The number of nitrogens with one attached hydrogen (secondary N) is 1. The quantitative estimate of drug-likeness (QED) is 0.799. The average molecular weight is 296 g/mol. The van der Waals surface area contributed by atoms with E-state index in [1.165, 1.54) is 5.56 Å². The Morgan fingerprint density at radius 2 is 1.95 bits per heavy atom. The molecule has 114 valence electrons. The molecule has 0 aliphatic carbocycles. The van der Waals surface area contributed by atoms with E-state index in [-0.39, 0.29) is 0 Å². The molecule has 5 heteroatoms. The van der Waals surface area contributed by atoms with Crippen molar-refractivity contribution in [2.45, 2.75) is 27.3 Å². The summed E-state index contributed by atoms with van der Waals surface area (Å²) < 4.78 is 7.43. The maximum atomic E-state index is 5.58. The van der Waals surface area contributed by atoms with Gasteiger partial charge in [-0.1, -0.05) is 24.3 Å². The third-order valence-electron chi connectivity index (χ3n) is 3.73. The molecule has 1 N–H and O–H groups in total. The molecule has 0 aliphatic heterocycles. The molecule has 5 nitrogen and oxygen atoms in total. The lowest BCUT2D eigenvalue weighted by molar-refractivity contribution is 0.479. The second-order valence-corrected chi connectivity index (χ2v) is 5.45. The molecule has 0 saturated heterocycles. The van der Waals surface area contributed by atoms with E-state index in [1.807, 2.05) is 37.7 Å². The van der Waals surface area contributed by atoms with Crippen molar-refractivity contribution in [1.29, 1.82) is 0 Å². The topological polar surface area (TPSA) is 55.9 Å². The molecule has 0 fully saturated rings. The molecule has 0 unspecified atom stereocenters. The SMILES string of the molecule is Cc1nc(C)c(CNc2cc(-c3ccccc3C)nn2C)o1. The summed E-state index contributed by atoms with van der Waals surface area (Å²) in [6.07, 6.45) is 0. The number of aromatic nitrogens is 3. The highest BCUT2D eigenvalue weighted by molar-refractivity contribution is 5.66. The van der Waals surface area contributed by atoms with Crippen LogP contribution in [0, 0.1) is 20.8 Å². The van der Waals surface area contributed by atoms with Crippen molar-refractivity contribution >= 4 is 5.82 Å². The molecular formula is C17H20N4O. The van der Waals surface area contributed by atoms with E-state index in [1.54, 1.807) is 0 Å². The molecule has 0 bridgehead atoms. The fourth-order valence-corrected chi connectivity index (χ4v) is 2.53. The van der Waals surface area contributed by atoms with Crippen molar-refractivity contribution < 1.29 is 4.42 Å². The van der Waals surface area contributed by atoms with Gasteiger partial charge in [0.25, 0.3) is 0 Å². The number of anilines is 1. The zero-order chi connectivity index (χ0) is 15.7. The standard InChI is InChI=1S/C17H20N4O/c1-11-7-5-6-8-14(11)15-9-17(21(4)20-15)18-10-16-12(2)19-13(3)22-16/h5-9,18H,10H2,1-4H3. The van der Waals surface area contributed by atoms with E-state index in [0.29, 0.717) is 12.4 Å². The summed E-state index contributed by atoms with van der Waals surface area (Å²) in [7, 11) is 1.93. The van der Waals surface area contributed by atoms with Gasteiger partial charge in [-0.2, -0.15) is 5.10 Å². The zero-order valence-electron chi connectivity index (χ0n) is 13.3. The summed E-state index contributed by atoms with van der Waals surface area (Å²) in [5.74, 6) is 2.50. The van der Waals surface area contributed by atoms with E-state index >= 15 is 0 Å². The highest BCUT2D eigenvalue weighted by Gasteiger charge is 2.11. The van der Waals surface area contributed by atoms with E-state index in [0.717, 1.165) is 28.5 Å². The van der Waals surface area contributed by atoms with E-state index in [9.17, 15) is 0 Å². The number of benzene rings is 1. The summed E-state index contributed by atoms with van der Waals surface area (Å²) in [6, 6.07) is 10.3. The monoisotopic (exact) mass is 296 g/mol. The van der Waals surface area contributed by atoms with Gasteiger partial charge in [0.15, 0.2) is 5.89 Å². The van der Waals surface area contributed by atoms with Gasteiger partial charge in [0.2, 0.25) is 0 Å². The van der Waals surface area contributed by atoms with Crippen molar-refractivity contribution in [3.8, 4) is 11.3 Å². The third kappa shape index (κ3) is 2.74. The minimum atomic E-state index is 0.597. The summed E-state index contributed by atoms with van der Waals surface area (Å²) in [5, 5.41) is 7.95. The molecule has 0 saturated carbocycles. The van der Waals surface area contributed by atoms with E-state index in [4.69, 9.17) is 4.42 Å². The van der Waals surface area contributed by atoms with Gasteiger partial charge >= 0.3 is 0 Å². The Kier molecular flexibility index (Phi) is 3.71. The van der Waals surface area contributed by atoms with Crippen LogP contribution >= 0.6 is 0 Å². The Bertz CT molecular complexity index is 801. The van der Waals surface area contributed by atoms with Gasteiger partial charge in [-0.25, -0.2) is 4.98 Å². The molecule has 0 spiro atoms. The lowest BCUT2D eigenvalue weighted by atomic mass is 10.1. The first-order valence-electron chi connectivity index (χ1n) is 7.31. The van der Waals surface area contributed by atoms with E-state index in [2.05, 4.69) is 40.5 Å². The van der Waals surface area contributed by atoms with Gasteiger partial charge in [0, 0.05) is 25.6 Å². The van der Waals surface area contributed by atoms with Crippen LogP contribution in [0.25, 0.3) is 11.3 Å². The molecule has 3 aromatic rings. The molecule has 0 amide bonds. The van der Waals surface area contributed by atoms with Crippen LogP contribution in [-0.4, -0.2) is 14.8 Å². The number of oxazole rings is 1. The molecule has 0 aliphatic rings. The van der Waals surface area contributed by atoms with Crippen LogP contribution in [0.2, 0.25) is 0 Å². The second kappa shape index (κ2) is 5.67. The Morgan fingerprint density at radius 3 is 2.64 bits per heavy atom. The number of hydrogen-bond acceptors (Lipinski definition) is 4. The average Bonchev–Trinajstić information content (AvgIpc) is 2.99. The van der Waals surface area contributed by atoms with Crippen molar-refractivity contribution in [2.24, 2.45) is 7.05 Å².